The van der Waals surface area contributed by atoms with E-state index in [1.54, 1.807) is 7.11 Å². The van der Waals surface area contributed by atoms with Crippen LogP contribution in [0.25, 0.3) is 0 Å². The second-order valence-electron chi connectivity index (χ2n) is 6.25. The lowest BCUT2D eigenvalue weighted by Gasteiger charge is -2.31. The Morgan fingerprint density at radius 2 is 2.14 bits per heavy atom. The van der Waals surface area contributed by atoms with Crippen molar-refractivity contribution in [1.82, 2.24) is 4.90 Å². The second-order valence-corrected chi connectivity index (χ2v) is 6.25. The minimum Gasteiger partial charge on any atom is -0.496 e. The highest BCUT2D eigenvalue weighted by atomic mass is 16.5. The van der Waals surface area contributed by atoms with Crippen molar-refractivity contribution in [1.29, 1.82) is 0 Å². The molecule has 1 aliphatic heterocycles. The third-order valence-electron chi connectivity index (χ3n) is 5.27. The van der Waals surface area contributed by atoms with E-state index in [9.17, 15) is 9.90 Å². The molecule has 1 aromatic rings. The van der Waals surface area contributed by atoms with Crippen molar-refractivity contribution in [3.05, 3.63) is 29.8 Å². The highest BCUT2D eigenvalue weighted by Crippen LogP contribution is 2.46. The number of carboxylic acids is 1. The number of hydrogen-bond acceptors (Lipinski definition) is 3. The summed E-state index contributed by atoms with van der Waals surface area (Å²) in [5, 5.41) is 9.68. The van der Waals surface area contributed by atoms with Crippen LogP contribution < -0.4 is 4.74 Å². The minimum absolute atomic E-state index is 0.0628. The highest BCUT2D eigenvalue weighted by Gasteiger charge is 2.49. The molecule has 1 heterocycles. The summed E-state index contributed by atoms with van der Waals surface area (Å²) < 4.78 is 5.44. The van der Waals surface area contributed by atoms with Crippen molar-refractivity contribution < 1.29 is 14.6 Å². The summed E-state index contributed by atoms with van der Waals surface area (Å²) in [6.45, 7) is 2.98. The molecular formula is C17H23NO3. The monoisotopic (exact) mass is 289 g/mol. The predicted molar refractivity (Wildman–Crippen MR) is 80.4 cm³/mol. The van der Waals surface area contributed by atoms with Gasteiger partial charge in [-0.05, 0) is 37.7 Å². The lowest BCUT2D eigenvalue weighted by atomic mass is 9.94. The number of para-hydroxylation sites is 1. The predicted octanol–water partition coefficient (Wildman–Crippen LogP) is 2.94. The van der Waals surface area contributed by atoms with E-state index in [0.29, 0.717) is 11.8 Å². The summed E-state index contributed by atoms with van der Waals surface area (Å²) in [7, 11) is 1.67. The van der Waals surface area contributed by atoms with Crippen LogP contribution >= 0.6 is 0 Å². The maximum Gasteiger partial charge on any atom is 0.321 e. The molecule has 3 rings (SSSR count). The lowest BCUT2D eigenvalue weighted by molar-refractivity contribution is -0.144. The summed E-state index contributed by atoms with van der Waals surface area (Å²) in [5.74, 6) is 1.03. The lowest BCUT2D eigenvalue weighted by Crippen LogP contribution is -2.41. The molecule has 1 N–H and O–H groups in total. The summed E-state index contributed by atoms with van der Waals surface area (Å²) in [5.41, 5.74) is 1.08. The van der Waals surface area contributed by atoms with Gasteiger partial charge in [0.05, 0.1) is 7.11 Å². The molecule has 0 spiro atoms. The van der Waals surface area contributed by atoms with Crippen molar-refractivity contribution in [2.45, 2.75) is 38.3 Å². The zero-order chi connectivity index (χ0) is 15.0. The van der Waals surface area contributed by atoms with Crippen LogP contribution in [0.2, 0.25) is 0 Å². The van der Waals surface area contributed by atoms with Gasteiger partial charge in [-0.15, -0.1) is 0 Å². The van der Waals surface area contributed by atoms with Crippen LogP contribution in [0.4, 0.5) is 0 Å². The number of methoxy groups -OCH3 is 1. The van der Waals surface area contributed by atoms with E-state index in [1.165, 1.54) is 12.8 Å². The highest BCUT2D eigenvalue weighted by molar-refractivity contribution is 5.74. The van der Waals surface area contributed by atoms with Crippen molar-refractivity contribution in [3.8, 4) is 5.75 Å². The number of ether oxygens (including phenoxy) is 1. The van der Waals surface area contributed by atoms with Crippen LogP contribution in [0.15, 0.2) is 24.3 Å². The molecule has 0 radical (unpaired) electrons. The smallest absolute Gasteiger partial charge is 0.321 e. The van der Waals surface area contributed by atoms with Gasteiger partial charge in [0.1, 0.15) is 11.8 Å². The zero-order valence-electron chi connectivity index (χ0n) is 12.7. The Balaban J connectivity index is 1.90. The molecule has 0 amide bonds. The number of carbonyl (C=O) groups is 1. The summed E-state index contributed by atoms with van der Waals surface area (Å²) in [4.78, 5) is 13.9. The Morgan fingerprint density at radius 3 is 2.86 bits per heavy atom. The number of fused-ring (bicyclic) bond motifs is 1. The molecule has 2 aliphatic rings. The van der Waals surface area contributed by atoms with Gasteiger partial charge in [0.15, 0.2) is 0 Å². The number of benzene rings is 1. The van der Waals surface area contributed by atoms with Gasteiger partial charge in [0.25, 0.3) is 0 Å². The van der Waals surface area contributed by atoms with E-state index in [-0.39, 0.29) is 12.1 Å². The summed E-state index contributed by atoms with van der Waals surface area (Å²) in [6, 6.07) is 7.63. The number of nitrogens with zero attached hydrogens (tertiary/aromatic N) is 1. The van der Waals surface area contributed by atoms with Gasteiger partial charge in [0.2, 0.25) is 0 Å². The van der Waals surface area contributed by atoms with Crippen LogP contribution in [0.1, 0.15) is 37.8 Å². The van der Waals surface area contributed by atoms with Crippen molar-refractivity contribution in [3.63, 3.8) is 0 Å². The summed E-state index contributed by atoms with van der Waals surface area (Å²) >= 11 is 0. The van der Waals surface area contributed by atoms with Gasteiger partial charge in [-0.25, -0.2) is 0 Å². The molecule has 4 atom stereocenters. The topological polar surface area (TPSA) is 49.8 Å². The third kappa shape index (κ3) is 2.42. The van der Waals surface area contributed by atoms with E-state index in [0.717, 1.165) is 24.3 Å². The summed E-state index contributed by atoms with van der Waals surface area (Å²) in [6.07, 6.45) is 3.40. The fourth-order valence-electron chi connectivity index (χ4n) is 4.25. The average Bonchev–Trinajstić information content (AvgIpc) is 3.06. The number of likely N-dealkylation sites (tertiary alicyclic amines) is 1. The molecule has 4 unspecified atom stereocenters. The van der Waals surface area contributed by atoms with Crippen LogP contribution in [-0.4, -0.2) is 35.7 Å². The van der Waals surface area contributed by atoms with Gasteiger partial charge in [0, 0.05) is 18.2 Å². The molecule has 0 bridgehead atoms. The van der Waals surface area contributed by atoms with Crippen LogP contribution in [0, 0.1) is 11.8 Å². The number of rotatable bonds is 4. The molecule has 4 nitrogen and oxygen atoms in total. The number of carboxylic acid groups (broad SMARTS) is 1. The van der Waals surface area contributed by atoms with E-state index in [2.05, 4.69) is 11.8 Å². The van der Waals surface area contributed by atoms with Gasteiger partial charge >= 0.3 is 5.97 Å². The Hall–Kier alpha value is -1.55. The van der Waals surface area contributed by atoms with Gasteiger partial charge in [-0.1, -0.05) is 24.6 Å². The van der Waals surface area contributed by atoms with Gasteiger partial charge in [-0.2, -0.15) is 0 Å². The molecule has 0 aromatic heterocycles. The molecule has 1 saturated heterocycles. The first-order chi connectivity index (χ1) is 10.1. The van der Waals surface area contributed by atoms with Crippen molar-refractivity contribution >= 4 is 5.97 Å². The van der Waals surface area contributed by atoms with E-state index >= 15 is 0 Å². The molecule has 1 aliphatic carbocycles. The molecule has 4 heteroatoms. The van der Waals surface area contributed by atoms with Gasteiger partial charge in [-0.3, -0.25) is 9.69 Å². The van der Waals surface area contributed by atoms with Gasteiger partial charge < -0.3 is 9.84 Å². The van der Waals surface area contributed by atoms with Crippen molar-refractivity contribution in [2.75, 3.05) is 13.7 Å². The SMILES string of the molecule is COc1ccccc1C(C)N1CC2CCCC2C1C(=O)O. The standard InChI is InChI=1S/C17H23NO3/c1-11(13-7-3-4-9-15(13)21-2)18-10-12-6-5-8-14(12)16(18)17(19)20/h3-4,7,9,11-12,14,16H,5-6,8,10H2,1-2H3,(H,19,20). The van der Waals surface area contributed by atoms with Crippen LogP contribution in [0.5, 0.6) is 5.75 Å². The Bertz CT molecular complexity index is 531. The van der Waals surface area contributed by atoms with Crippen LogP contribution in [-0.2, 0) is 4.79 Å². The fourth-order valence-corrected chi connectivity index (χ4v) is 4.25. The molecule has 1 aromatic carbocycles. The molecule has 1 saturated carbocycles. The molecular weight excluding hydrogens is 266 g/mol. The van der Waals surface area contributed by atoms with E-state index in [4.69, 9.17) is 4.74 Å². The number of hydrogen-bond donors (Lipinski definition) is 1. The number of aliphatic carboxylic acids is 1. The van der Waals surface area contributed by atoms with E-state index < -0.39 is 5.97 Å². The maximum atomic E-state index is 11.8. The average molecular weight is 289 g/mol. The quantitative estimate of drug-likeness (QED) is 0.926. The molecule has 114 valence electrons. The first-order valence-corrected chi connectivity index (χ1v) is 7.75. The van der Waals surface area contributed by atoms with Crippen LogP contribution in [0.3, 0.4) is 0 Å². The van der Waals surface area contributed by atoms with E-state index in [1.807, 2.05) is 24.3 Å². The maximum absolute atomic E-state index is 11.8. The first-order valence-electron chi connectivity index (χ1n) is 7.75. The third-order valence-corrected chi connectivity index (χ3v) is 5.27. The first kappa shape index (κ1) is 14.4. The second kappa shape index (κ2) is 5.68. The Kier molecular flexibility index (Phi) is 3.89. The molecule has 2 fully saturated rings. The zero-order valence-corrected chi connectivity index (χ0v) is 12.7. The minimum atomic E-state index is -0.675. The normalized spacial score (nSPS) is 30.1. The van der Waals surface area contributed by atoms with Crippen molar-refractivity contribution in [2.24, 2.45) is 11.8 Å². The molecule has 21 heavy (non-hydrogen) atoms. The largest absolute Gasteiger partial charge is 0.496 e. The Morgan fingerprint density at radius 1 is 1.38 bits per heavy atom. The fraction of sp³-hybridized carbons (Fsp3) is 0.588. The Labute approximate surface area is 125 Å².